The predicted octanol–water partition coefficient (Wildman–Crippen LogP) is 3.77. The fourth-order valence-corrected chi connectivity index (χ4v) is 4.05. The van der Waals surface area contributed by atoms with Crippen molar-refractivity contribution in [3.8, 4) is 17.6 Å². The smallest absolute Gasteiger partial charge is 0.259 e. The Bertz CT molecular complexity index is 1260. The Labute approximate surface area is 207 Å². The van der Waals surface area contributed by atoms with Crippen LogP contribution in [-0.2, 0) is 4.79 Å². The van der Waals surface area contributed by atoms with Crippen LogP contribution >= 0.6 is 11.8 Å². The van der Waals surface area contributed by atoms with Gasteiger partial charge >= 0.3 is 0 Å². The van der Waals surface area contributed by atoms with Crippen LogP contribution in [0.15, 0.2) is 59.6 Å². The molecule has 9 nitrogen and oxygen atoms in total. The first-order valence-corrected chi connectivity index (χ1v) is 11.6. The summed E-state index contributed by atoms with van der Waals surface area (Å²) in [5.41, 5.74) is 7.59. The molecule has 0 spiro atoms. The number of hydrogen-bond acceptors (Lipinski definition) is 8. The van der Waals surface area contributed by atoms with E-state index >= 15 is 0 Å². The summed E-state index contributed by atoms with van der Waals surface area (Å²) in [6.45, 7) is 1.83. The van der Waals surface area contributed by atoms with E-state index in [-0.39, 0.29) is 39.7 Å². The molecule has 0 saturated carbocycles. The van der Waals surface area contributed by atoms with E-state index in [4.69, 9.17) is 15.2 Å². The fourth-order valence-electron chi connectivity index (χ4n) is 3.27. The second-order valence-corrected chi connectivity index (χ2v) is 8.36. The highest BCUT2D eigenvalue weighted by Crippen LogP contribution is 2.30. The minimum atomic E-state index is -0.479. The number of anilines is 2. The van der Waals surface area contributed by atoms with Crippen LogP contribution in [0, 0.1) is 11.3 Å². The van der Waals surface area contributed by atoms with Crippen molar-refractivity contribution < 1.29 is 19.1 Å². The quantitative estimate of drug-likeness (QED) is 0.384. The van der Waals surface area contributed by atoms with Crippen molar-refractivity contribution in [2.75, 3.05) is 31.0 Å². The number of nitrogens with two attached hydrogens (primary N) is 1. The Morgan fingerprint density at radius 3 is 2.54 bits per heavy atom. The molecule has 0 fully saturated rings. The highest BCUT2D eigenvalue weighted by Gasteiger charge is 2.19. The zero-order valence-corrected chi connectivity index (χ0v) is 20.3. The van der Waals surface area contributed by atoms with Crippen LogP contribution in [0.4, 0.5) is 11.5 Å². The minimum absolute atomic E-state index is 0.00664. The van der Waals surface area contributed by atoms with E-state index in [1.54, 1.807) is 56.7 Å². The van der Waals surface area contributed by atoms with Gasteiger partial charge in [0.05, 0.1) is 37.1 Å². The third kappa shape index (κ3) is 6.43. The van der Waals surface area contributed by atoms with E-state index in [1.165, 1.54) is 6.07 Å². The Balaban J connectivity index is 1.68. The van der Waals surface area contributed by atoms with Gasteiger partial charge in [0.2, 0.25) is 5.91 Å². The zero-order chi connectivity index (χ0) is 25.4. The molecule has 1 unspecified atom stereocenters. The molecule has 0 aliphatic rings. The summed E-state index contributed by atoms with van der Waals surface area (Å²) in [6.07, 6.45) is 0. The highest BCUT2D eigenvalue weighted by atomic mass is 32.2. The van der Waals surface area contributed by atoms with Gasteiger partial charge in [0.25, 0.3) is 5.91 Å². The molecule has 4 N–H and O–H groups in total. The van der Waals surface area contributed by atoms with E-state index in [9.17, 15) is 14.9 Å². The van der Waals surface area contributed by atoms with Gasteiger partial charge in [-0.25, -0.2) is 4.98 Å². The number of hydrogen-bond donors (Lipinski definition) is 3. The standard InChI is InChI=1S/C25H25N5O4S/c1-15(19-12-18(33-2)9-10-21(19)34-3)28-22(31)14-35-25-16(13-26)11-20(23(27)30-25)24(32)29-17-7-5-4-6-8-17/h4-12,15H,14H2,1-3H3,(H2,27,30)(H,28,31)(H,29,32). The van der Waals surface area contributed by atoms with Crippen molar-refractivity contribution in [3.05, 3.63) is 71.3 Å². The van der Waals surface area contributed by atoms with Gasteiger partial charge in [0.1, 0.15) is 28.4 Å². The number of nitrogens with one attached hydrogen (secondary N) is 2. The second-order valence-electron chi connectivity index (χ2n) is 7.39. The molecule has 2 amide bonds. The largest absolute Gasteiger partial charge is 0.497 e. The van der Waals surface area contributed by atoms with E-state index in [0.717, 1.165) is 17.3 Å². The number of para-hydroxylation sites is 1. The Morgan fingerprint density at radius 2 is 1.89 bits per heavy atom. The molecule has 1 heterocycles. The van der Waals surface area contributed by atoms with Crippen molar-refractivity contribution in [1.82, 2.24) is 10.3 Å². The molecular weight excluding hydrogens is 466 g/mol. The minimum Gasteiger partial charge on any atom is -0.497 e. The third-order valence-electron chi connectivity index (χ3n) is 5.03. The van der Waals surface area contributed by atoms with Gasteiger partial charge < -0.3 is 25.8 Å². The first kappa shape index (κ1) is 25.4. The summed E-state index contributed by atoms with van der Waals surface area (Å²) >= 11 is 1.06. The lowest BCUT2D eigenvalue weighted by Crippen LogP contribution is -2.28. The van der Waals surface area contributed by atoms with Crippen molar-refractivity contribution in [2.45, 2.75) is 18.0 Å². The van der Waals surface area contributed by atoms with Gasteiger partial charge in [-0.05, 0) is 43.3 Å². The number of carbonyl (C=O) groups excluding carboxylic acids is 2. The molecule has 1 atom stereocenters. The van der Waals surface area contributed by atoms with E-state index in [1.807, 2.05) is 19.1 Å². The van der Waals surface area contributed by atoms with Crippen LogP contribution in [0.2, 0.25) is 0 Å². The number of aromatic nitrogens is 1. The van der Waals surface area contributed by atoms with Gasteiger partial charge in [-0.2, -0.15) is 5.26 Å². The number of methoxy groups -OCH3 is 2. The molecule has 3 aromatic rings. The van der Waals surface area contributed by atoms with Crippen LogP contribution in [0.5, 0.6) is 11.5 Å². The number of ether oxygens (including phenoxy) is 2. The average Bonchev–Trinajstić information content (AvgIpc) is 2.87. The lowest BCUT2D eigenvalue weighted by Gasteiger charge is -2.18. The van der Waals surface area contributed by atoms with Crippen molar-refractivity contribution in [2.24, 2.45) is 0 Å². The number of thioether (sulfide) groups is 1. The number of benzene rings is 2. The molecule has 180 valence electrons. The summed E-state index contributed by atoms with van der Waals surface area (Å²) in [4.78, 5) is 29.4. The molecule has 2 aromatic carbocycles. The molecule has 1 aromatic heterocycles. The molecule has 10 heteroatoms. The first-order valence-electron chi connectivity index (χ1n) is 10.6. The Morgan fingerprint density at radius 1 is 1.14 bits per heavy atom. The summed E-state index contributed by atoms with van der Waals surface area (Å²) in [5, 5.41) is 15.5. The van der Waals surface area contributed by atoms with Gasteiger partial charge in [-0.1, -0.05) is 30.0 Å². The normalized spacial score (nSPS) is 11.1. The number of carbonyl (C=O) groups is 2. The molecule has 0 saturated heterocycles. The SMILES string of the molecule is COc1ccc(OC)c(C(C)NC(=O)CSc2nc(N)c(C(=O)Nc3ccccc3)cc2C#N)c1. The number of nitriles is 1. The Kier molecular flexibility index (Phi) is 8.53. The number of rotatable bonds is 9. The zero-order valence-electron chi connectivity index (χ0n) is 19.5. The summed E-state index contributed by atoms with van der Waals surface area (Å²) in [7, 11) is 3.12. The molecule has 0 radical (unpaired) electrons. The fraction of sp³-hybridized carbons (Fsp3) is 0.200. The molecule has 3 rings (SSSR count). The van der Waals surface area contributed by atoms with E-state index in [0.29, 0.717) is 17.2 Å². The summed E-state index contributed by atoms with van der Waals surface area (Å²) in [5.74, 6) is 0.473. The molecule has 0 bridgehead atoms. The predicted molar refractivity (Wildman–Crippen MR) is 135 cm³/mol. The lowest BCUT2D eigenvalue weighted by molar-refractivity contribution is -0.119. The maximum Gasteiger partial charge on any atom is 0.259 e. The first-order chi connectivity index (χ1) is 16.9. The number of amides is 2. The number of pyridine rings is 1. The van der Waals surface area contributed by atoms with Gasteiger partial charge in [0.15, 0.2) is 0 Å². The number of nitrogens with zero attached hydrogens (tertiary/aromatic N) is 2. The third-order valence-corrected chi connectivity index (χ3v) is 6.03. The van der Waals surface area contributed by atoms with Crippen LogP contribution in [-0.4, -0.2) is 36.8 Å². The highest BCUT2D eigenvalue weighted by molar-refractivity contribution is 8.00. The molecule has 35 heavy (non-hydrogen) atoms. The van der Waals surface area contributed by atoms with E-state index in [2.05, 4.69) is 15.6 Å². The average molecular weight is 492 g/mol. The maximum absolute atomic E-state index is 12.6. The van der Waals surface area contributed by atoms with Crippen LogP contribution in [0.3, 0.4) is 0 Å². The van der Waals surface area contributed by atoms with Crippen LogP contribution < -0.4 is 25.8 Å². The van der Waals surface area contributed by atoms with Crippen molar-refractivity contribution >= 4 is 35.1 Å². The second kappa shape index (κ2) is 11.8. The number of nitrogen functional groups attached to an aromatic ring is 1. The molecule has 0 aliphatic heterocycles. The van der Waals surface area contributed by atoms with Gasteiger partial charge in [-0.3, -0.25) is 9.59 Å². The van der Waals surface area contributed by atoms with Crippen molar-refractivity contribution in [1.29, 1.82) is 5.26 Å². The summed E-state index contributed by atoms with van der Waals surface area (Å²) in [6, 6.07) is 17.3. The van der Waals surface area contributed by atoms with Crippen molar-refractivity contribution in [3.63, 3.8) is 0 Å². The topological polar surface area (TPSA) is 139 Å². The monoisotopic (exact) mass is 491 g/mol. The Hall–Kier alpha value is -4.23. The van der Waals surface area contributed by atoms with Crippen LogP contribution in [0.1, 0.15) is 34.5 Å². The molecule has 0 aliphatic carbocycles. The summed E-state index contributed by atoms with van der Waals surface area (Å²) < 4.78 is 10.6. The molecular formula is C25H25N5O4S. The maximum atomic E-state index is 12.6. The van der Waals surface area contributed by atoms with Gasteiger partial charge in [0, 0.05) is 11.3 Å². The lowest BCUT2D eigenvalue weighted by atomic mass is 10.1. The van der Waals surface area contributed by atoms with Crippen LogP contribution in [0.25, 0.3) is 0 Å². The van der Waals surface area contributed by atoms with Gasteiger partial charge in [-0.15, -0.1) is 0 Å². The van der Waals surface area contributed by atoms with E-state index < -0.39 is 5.91 Å².